The summed E-state index contributed by atoms with van der Waals surface area (Å²) in [5, 5.41) is 33.6. The van der Waals surface area contributed by atoms with Crippen LogP contribution in [0.4, 0.5) is 5.69 Å². The van der Waals surface area contributed by atoms with Gasteiger partial charge in [-0.15, -0.1) is 0 Å². The molecule has 0 amide bonds. The van der Waals surface area contributed by atoms with Crippen molar-refractivity contribution in [3.05, 3.63) is 52.6 Å². The van der Waals surface area contributed by atoms with Crippen LogP contribution in [0.1, 0.15) is 107 Å². The first-order valence-electron chi connectivity index (χ1n) is 13.9. The summed E-state index contributed by atoms with van der Waals surface area (Å²) in [7, 11) is 0. The topological polar surface area (TPSA) is 103 Å². The van der Waals surface area contributed by atoms with E-state index in [1.165, 1.54) is 25.3 Å². The normalized spacial score (nSPS) is 12.0. The predicted molar refractivity (Wildman–Crippen MR) is 155 cm³/mol. The van der Waals surface area contributed by atoms with Gasteiger partial charge in [-0.05, 0) is 61.9 Å². The van der Waals surface area contributed by atoms with Gasteiger partial charge in [0.05, 0.1) is 0 Å². The van der Waals surface area contributed by atoms with Crippen LogP contribution in [0.2, 0.25) is 0 Å². The van der Waals surface area contributed by atoms with Crippen LogP contribution >= 0.6 is 0 Å². The van der Waals surface area contributed by atoms with E-state index in [0.717, 1.165) is 49.2 Å². The van der Waals surface area contributed by atoms with E-state index in [1.54, 1.807) is 6.07 Å². The fraction of sp³-hybridized carbons (Fsp3) is 0.548. The number of phenols is 1. The Morgan fingerprint density at radius 1 is 0.974 bits per heavy atom. The maximum atomic E-state index is 11.6. The molecule has 0 aliphatic rings. The number of aromatic hydroxyl groups is 1. The smallest absolute Gasteiger partial charge is 0.339 e. The molecule has 2 rings (SSSR count). The lowest BCUT2D eigenvalue weighted by Crippen LogP contribution is -2.27. The van der Waals surface area contributed by atoms with Gasteiger partial charge in [0.2, 0.25) is 0 Å². The fourth-order valence-corrected chi connectivity index (χ4v) is 4.72. The number of anilines is 1. The summed E-state index contributed by atoms with van der Waals surface area (Å²) in [5.41, 5.74) is 3.61. The molecule has 0 fully saturated rings. The fourth-order valence-electron chi connectivity index (χ4n) is 4.72. The SMILES string of the molecule is CCCCCCCCc1c(OCC(=NO)c2ccc(N(CC)CC)c(C(C)(C)C)c2)ccc(C(=O)O)c1O. The second-order valence-electron chi connectivity index (χ2n) is 10.8. The molecule has 0 spiro atoms. The Morgan fingerprint density at radius 3 is 2.21 bits per heavy atom. The highest BCUT2D eigenvalue weighted by atomic mass is 16.5. The molecule has 0 saturated carbocycles. The molecule has 0 unspecified atom stereocenters. The number of benzene rings is 2. The van der Waals surface area contributed by atoms with Crippen LogP contribution in [0.5, 0.6) is 11.5 Å². The molecular weight excluding hydrogens is 480 g/mol. The van der Waals surface area contributed by atoms with E-state index >= 15 is 0 Å². The van der Waals surface area contributed by atoms with Crippen molar-refractivity contribution in [2.45, 2.75) is 91.9 Å². The first-order valence-corrected chi connectivity index (χ1v) is 13.9. The first-order chi connectivity index (χ1) is 18.1. The third kappa shape index (κ3) is 8.14. The molecule has 38 heavy (non-hydrogen) atoms. The summed E-state index contributed by atoms with van der Waals surface area (Å²) in [5.74, 6) is -1.04. The number of nitrogens with zero attached hydrogens (tertiary/aromatic N) is 2. The van der Waals surface area contributed by atoms with E-state index in [1.807, 2.05) is 12.1 Å². The molecule has 0 aliphatic heterocycles. The Balaban J connectivity index is 2.31. The van der Waals surface area contributed by atoms with E-state index < -0.39 is 5.97 Å². The van der Waals surface area contributed by atoms with Crippen molar-refractivity contribution in [1.29, 1.82) is 0 Å². The van der Waals surface area contributed by atoms with E-state index in [0.29, 0.717) is 23.4 Å². The van der Waals surface area contributed by atoms with E-state index in [4.69, 9.17) is 4.74 Å². The van der Waals surface area contributed by atoms with Crippen LogP contribution in [-0.2, 0) is 11.8 Å². The quantitative estimate of drug-likeness (QED) is 0.0967. The Morgan fingerprint density at radius 2 is 1.63 bits per heavy atom. The Bertz CT molecular complexity index is 1080. The lowest BCUT2D eigenvalue weighted by molar-refractivity contribution is 0.0693. The molecule has 0 radical (unpaired) electrons. The molecule has 210 valence electrons. The van der Waals surface area contributed by atoms with Crippen molar-refractivity contribution < 1.29 is 25.0 Å². The molecule has 2 aromatic carbocycles. The molecule has 7 nitrogen and oxygen atoms in total. The number of rotatable bonds is 15. The minimum atomic E-state index is -1.18. The number of hydrogen-bond donors (Lipinski definition) is 3. The molecule has 0 aromatic heterocycles. The van der Waals surface area contributed by atoms with Crippen molar-refractivity contribution in [3.63, 3.8) is 0 Å². The maximum absolute atomic E-state index is 11.6. The van der Waals surface area contributed by atoms with Crippen molar-refractivity contribution >= 4 is 17.4 Å². The number of carboxylic acid groups (broad SMARTS) is 1. The molecule has 2 aromatic rings. The van der Waals surface area contributed by atoms with Crippen LogP contribution in [0, 0.1) is 0 Å². The monoisotopic (exact) mass is 526 g/mol. The van der Waals surface area contributed by atoms with Gasteiger partial charge in [0.25, 0.3) is 0 Å². The number of oxime groups is 1. The van der Waals surface area contributed by atoms with Crippen LogP contribution in [0.25, 0.3) is 0 Å². The highest BCUT2D eigenvalue weighted by molar-refractivity contribution is 6.02. The zero-order valence-corrected chi connectivity index (χ0v) is 24.0. The average Bonchev–Trinajstić information content (AvgIpc) is 2.88. The predicted octanol–water partition coefficient (Wildman–Crippen LogP) is 7.39. The number of carbonyl (C=O) groups is 1. The molecule has 7 heteroatoms. The second kappa shape index (κ2) is 14.6. The highest BCUT2D eigenvalue weighted by Crippen LogP contribution is 2.35. The van der Waals surface area contributed by atoms with Crippen LogP contribution in [0.15, 0.2) is 35.5 Å². The van der Waals surface area contributed by atoms with Gasteiger partial charge in [0, 0.05) is 29.9 Å². The minimum absolute atomic E-state index is 0.0277. The molecule has 3 N–H and O–H groups in total. The van der Waals surface area contributed by atoms with E-state index in [9.17, 15) is 20.2 Å². The second-order valence-corrected chi connectivity index (χ2v) is 10.8. The Labute approximate surface area is 228 Å². The summed E-state index contributed by atoms with van der Waals surface area (Å²) in [6, 6.07) is 8.97. The maximum Gasteiger partial charge on any atom is 0.339 e. The lowest BCUT2D eigenvalue weighted by atomic mass is 9.84. The summed E-state index contributed by atoms with van der Waals surface area (Å²) in [4.78, 5) is 13.9. The highest BCUT2D eigenvalue weighted by Gasteiger charge is 2.23. The van der Waals surface area contributed by atoms with Gasteiger partial charge in [0.1, 0.15) is 29.4 Å². The molecular formula is C31H46N2O5. The number of unbranched alkanes of at least 4 members (excludes halogenated alkanes) is 5. The average molecular weight is 527 g/mol. The van der Waals surface area contributed by atoms with Crippen molar-refractivity contribution in [2.24, 2.45) is 5.16 Å². The lowest BCUT2D eigenvalue weighted by Gasteiger charge is -2.30. The standard InChI is InChI=1S/C31H46N2O5/c1-7-10-11-12-13-14-15-23-28(19-17-24(29(23)34)30(35)36)38-21-26(32-37)22-16-18-27(33(8-2)9-3)25(20-22)31(4,5)6/h16-20,34,37H,7-15,21H2,1-6H3,(H,35,36). The first kappa shape index (κ1) is 31.0. The molecule has 0 saturated heterocycles. The Kier molecular flexibility index (Phi) is 11.9. The van der Waals surface area contributed by atoms with Gasteiger partial charge in [-0.2, -0.15) is 0 Å². The third-order valence-corrected chi connectivity index (χ3v) is 6.98. The molecule has 0 atom stereocenters. The van der Waals surface area contributed by atoms with Gasteiger partial charge >= 0.3 is 5.97 Å². The molecule has 0 aliphatic carbocycles. The van der Waals surface area contributed by atoms with Gasteiger partial charge in [-0.25, -0.2) is 4.79 Å². The molecule has 0 bridgehead atoms. The zero-order chi connectivity index (χ0) is 28.3. The number of hydrogen-bond acceptors (Lipinski definition) is 6. The number of ether oxygens (including phenoxy) is 1. The van der Waals surface area contributed by atoms with Crippen molar-refractivity contribution in [1.82, 2.24) is 0 Å². The van der Waals surface area contributed by atoms with Crippen molar-refractivity contribution in [2.75, 3.05) is 24.6 Å². The van der Waals surface area contributed by atoms with E-state index in [2.05, 4.69) is 57.7 Å². The summed E-state index contributed by atoms with van der Waals surface area (Å²) >= 11 is 0. The summed E-state index contributed by atoms with van der Waals surface area (Å²) in [6.45, 7) is 14.7. The van der Waals surface area contributed by atoms with Crippen LogP contribution in [0.3, 0.4) is 0 Å². The largest absolute Gasteiger partial charge is 0.507 e. The molecule has 0 heterocycles. The summed E-state index contributed by atoms with van der Waals surface area (Å²) in [6.07, 6.45) is 6.96. The minimum Gasteiger partial charge on any atom is -0.507 e. The number of carboxylic acids is 1. The van der Waals surface area contributed by atoms with Gasteiger partial charge in [0.15, 0.2) is 0 Å². The Hall–Kier alpha value is -3.22. The van der Waals surface area contributed by atoms with Crippen LogP contribution < -0.4 is 9.64 Å². The van der Waals surface area contributed by atoms with E-state index in [-0.39, 0.29) is 23.3 Å². The number of aromatic carboxylic acids is 1. The summed E-state index contributed by atoms with van der Waals surface area (Å²) < 4.78 is 6.05. The van der Waals surface area contributed by atoms with Gasteiger partial charge in [-0.1, -0.05) is 71.0 Å². The van der Waals surface area contributed by atoms with Gasteiger partial charge in [-0.3, -0.25) is 0 Å². The third-order valence-electron chi connectivity index (χ3n) is 6.98. The zero-order valence-electron chi connectivity index (χ0n) is 24.0. The van der Waals surface area contributed by atoms with Gasteiger partial charge < -0.3 is 25.1 Å². The van der Waals surface area contributed by atoms with Crippen molar-refractivity contribution in [3.8, 4) is 11.5 Å². The van der Waals surface area contributed by atoms with Crippen LogP contribution in [-0.4, -0.2) is 46.8 Å².